The highest BCUT2D eigenvalue weighted by atomic mass is 35.5. The summed E-state index contributed by atoms with van der Waals surface area (Å²) in [6.45, 7) is 0. The lowest BCUT2D eigenvalue weighted by Gasteiger charge is -2.10. The molecule has 1 unspecified atom stereocenters. The molecule has 1 atom stereocenters. The first-order valence-corrected chi connectivity index (χ1v) is 7.47. The lowest BCUT2D eigenvalue weighted by Crippen LogP contribution is -2.09. The Kier molecular flexibility index (Phi) is 5.19. The molecule has 0 aromatic heterocycles. The minimum absolute atomic E-state index is 0.0125. The van der Waals surface area contributed by atoms with Crippen LogP contribution in [0.4, 0.5) is 5.69 Å². The average Bonchev–Trinajstić information content (AvgIpc) is 2.43. The van der Waals surface area contributed by atoms with Gasteiger partial charge in [0, 0.05) is 0 Å². The Hall–Kier alpha value is -1.60. The predicted molar refractivity (Wildman–Crippen MR) is 82.3 cm³/mol. The van der Waals surface area contributed by atoms with Gasteiger partial charge >= 0.3 is 5.97 Å². The summed E-state index contributed by atoms with van der Waals surface area (Å²) in [4.78, 5) is 11.9. The maximum atomic E-state index is 11.9. The smallest absolute Gasteiger partial charge is 0.343 e. The SMILES string of the molecule is O=C(Oc1c(Cl)cc(NS(=O)O)cc1Cl)c1ccccc1. The molecule has 0 radical (unpaired) electrons. The molecule has 2 N–H and O–H groups in total. The van der Waals surface area contributed by atoms with Gasteiger partial charge in [-0.25, -0.2) is 9.00 Å². The predicted octanol–water partition coefficient (Wildman–Crippen LogP) is 3.76. The number of nitrogens with one attached hydrogen (secondary N) is 1. The summed E-state index contributed by atoms with van der Waals surface area (Å²) < 4.78 is 26.8. The van der Waals surface area contributed by atoms with Crippen LogP contribution < -0.4 is 9.46 Å². The fraction of sp³-hybridized carbons (Fsp3) is 0. The lowest BCUT2D eigenvalue weighted by atomic mass is 10.2. The Morgan fingerprint density at radius 2 is 1.71 bits per heavy atom. The molecule has 0 saturated heterocycles. The first kappa shape index (κ1) is 15.8. The van der Waals surface area contributed by atoms with Gasteiger partial charge in [0.1, 0.15) is 0 Å². The van der Waals surface area contributed by atoms with Crippen LogP contribution in [0.5, 0.6) is 5.75 Å². The molecule has 2 aromatic rings. The minimum atomic E-state index is -2.26. The largest absolute Gasteiger partial charge is 0.420 e. The number of benzene rings is 2. The van der Waals surface area contributed by atoms with Crippen molar-refractivity contribution in [2.45, 2.75) is 0 Å². The van der Waals surface area contributed by atoms with E-state index in [9.17, 15) is 9.00 Å². The number of hydrogen-bond acceptors (Lipinski definition) is 3. The summed E-state index contributed by atoms with van der Waals surface area (Å²) in [6, 6.07) is 11.0. The number of hydrogen-bond donors (Lipinski definition) is 2. The van der Waals surface area contributed by atoms with Crippen LogP contribution in [-0.2, 0) is 11.3 Å². The number of ether oxygens (including phenoxy) is 1. The zero-order valence-electron chi connectivity index (χ0n) is 10.4. The number of halogens is 2. The molecule has 21 heavy (non-hydrogen) atoms. The van der Waals surface area contributed by atoms with Gasteiger partial charge in [0.25, 0.3) is 11.3 Å². The van der Waals surface area contributed by atoms with Gasteiger partial charge in [-0.15, -0.1) is 0 Å². The molecule has 110 valence electrons. The van der Waals surface area contributed by atoms with E-state index in [4.69, 9.17) is 32.5 Å². The Balaban J connectivity index is 2.25. The van der Waals surface area contributed by atoms with Crippen LogP contribution in [0, 0.1) is 0 Å². The van der Waals surface area contributed by atoms with E-state index in [-0.39, 0.29) is 21.5 Å². The quantitative estimate of drug-likeness (QED) is 0.502. The van der Waals surface area contributed by atoms with Gasteiger partial charge in [0.05, 0.1) is 21.3 Å². The third-order valence-electron chi connectivity index (χ3n) is 2.41. The number of carbonyl (C=O) groups is 1. The summed E-state index contributed by atoms with van der Waals surface area (Å²) >= 11 is 9.68. The van der Waals surface area contributed by atoms with E-state index in [1.807, 2.05) is 0 Å². The third-order valence-corrected chi connectivity index (χ3v) is 3.38. The van der Waals surface area contributed by atoms with E-state index in [0.717, 1.165) is 0 Å². The van der Waals surface area contributed by atoms with Crippen molar-refractivity contribution in [2.24, 2.45) is 0 Å². The van der Waals surface area contributed by atoms with Crippen molar-refractivity contribution in [2.75, 3.05) is 4.72 Å². The first-order chi connectivity index (χ1) is 9.97. The van der Waals surface area contributed by atoms with E-state index in [1.165, 1.54) is 12.1 Å². The average molecular weight is 346 g/mol. The minimum Gasteiger partial charge on any atom is -0.420 e. The zero-order valence-corrected chi connectivity index (χ0v) is 12.7. The van der Waals surface area contributed by atoms with Crippen molar-refractivity contribution in [1.29, 1.82) is 0 Å². The molecule has 0 spiro atoms. The van der Waals surface area contributed by atoms with Crippen LogP contribution in [0.15, 0.2) is 42.5 Å². The topological polar surface area (TPSA) is 75.6 Å². The molecule has 0 amide bonds. The second kappa shape index (κ2) is 6.91. The fourth-order valence-corrected chi connectivity index (χ4v) is 2.43. The summed E-state index contributed by atoms with van der Waals surface area (Å²) in [5.41, 5.74) is 0.577. The van der Waals surface area contributed by atoms with Crippen molar-refractivity contribution in [3.05, 3.63) is 58.1 Å². The monoisotopic (exact) mass is 345 g/mol. The highest BCUT2D eigenvalue weighted by Gasteiger charge is 2.15. The second-order valence-electron chi connectivity index (χ2n) is 3.88. The van der Waals surface area contributed by atoms with Gasteiger partial charge in [0.15, 0.2) is 5.75 Å². The normalized spacial score (nSPS) is 11.8. The van der Waals surface area contributed by atoms with Gasteiger partial charge < -0.3 is 4.74 Å². The highest BCUT2D eigenvalue weighted by molar-refractivity contribution is 7.80. The molecule has 0 heterocycles. The number of anilines is 1. The Labute approximate surface area is 133 Å². The molecule has 8 heteroatoms. The molecule has 0 fully saturated rings. The molecule has 0 aliphatic rings. The Morgan fingerprint density at radius 1 is 1.14 bits per heavy atom. The number of esters is 1. The molecular weight excluding hydrogens is 337 g/mol. The lowest BCUT2D eigenvalue weighted by molar-refractivity contribution is 0.0735. The van der Waals surface area contributed by atoms with Gasteiger partial charge in [-0.3, -0.25) is 9.27 Å². The fourth-order valence-electron chi connectivity index (χ4n) is 1.54. The second-order valence-corrected chi connectivity index (χ2v) is 5.39. The molecule has 0 aliphatic carbocycles. The highest BCUT2D eigenvalue weighted by Crippen LogP contribution is 2.36. The number of rotatable bonds is 4. The van der Waals surface area contributed by atoms with Gasteiger partial charge in [-0.05, 0) is 24.3 Å². The summed E-state index contributed by atoms with van der Waals surface area (Å²) in [5, 5.41) is 0.0828. The molecule has 2 rings (SSSR count). The molecule has 0 saturated carbocycles. The summed E-state index contributed by atoms with van der Waals surface area (Å²) in [7, 11) is 0. The van der Waals surface area contributed by atoms with Crippen molar-refractivity contribution < 1.29 is 18.3 Å². The van der Waals surface area contributed by atoms with E-state index in [0.29, 0.717) is 5.56 Å². The number of carbonyl (C=O) groups excluding carboxylic acids is 1. The van der Waals surface area contributed by atoms with Crippen LogP contribution >= 0.6 is 23.2 Å². The van der Waals surface area contributed by atoms with Crippen molar-refractivity contribution in [3.8, 4) is 5.75 Å². The third kappa shape index (κ3) is 4.18. The Bertz CT molecular complexity index is 671. The van der Waals surface area contributed by atoms with Gasteiger partial charge in [-0.1, -0.05) is 41.4 Å². The summed E-state index contributed by atoms with van der Waals surface area (Å²) in [5.74, 6) is -0.618. The van der Waals surface area contributed by atoms with E-state index >= 15 is 0 Å². The van der Waals surface area contributed by atoms with Crippen molar-refractivity contribution >= 4 is 46.1 Å². The van der Waals surface area contributed by atoms with Crippen LogP contribution in [0.1, 0.15) is 10.4 Å². The van der Waals surface area contributed by atoms with Crippen molar-refractivity contribution in [1.82, 2.24) is 0 Å². The van der Waals surface area contributed by atoms with E-state index < -0.39 is 17.2 Å². The van der Waals surface area contributed by atoms with Crippen molar-refractivity contribution in [3.63, 3.8) is 0 Å². The molecule has 0 bridgehead atoms. The van der Waals surface area contributed by atoms with Crippen LogP contribution in [0.2, 0.25) is 10.0 Å². The van der Waals surface area contributed by atoms with Crippen LogP contribution in [0.25, 0.3) is 0 Å². The standard InChI is InChI=1S/C13H9Cl2NO4S/c14-10-6-9(16-21(18)19)7-11(15)12(10)20-13(17)8-4-2-1-3-5-8/h1-7,16H,(H,18,19). The van der Waals surface area contributed by atoms with E-state index in [2.05, 4.69) is 4.72 Å². The molecule has 5 nitrogen and oxygen atoms in total. The van der Waals surface area contributed by atoms with Gasteiger partial charge in [0.2, 0.25) is 0 Å². The van der Waals surface area contributed by atoms with E-state index in [1.54, 1.807) is 30.3 Å². The molecule has 0 aliphatic heterocycles. The first-order valence-electron chi connectivity index (χ1n) is 5.61. The maximum Gasteiger partial charge on any atom is 0.343 e. The molecule has 2 aromatic carbocycles. The molecular formula is C13H9Cl2NO4S. The summed E-state index contributed by atoms with van der Waals surface area (Å²) in [6.07, 6.45) is 0. The van der Waals surface area contributed by atoms with Crippen LogP contribution in [-0.4, -0.2) is 14.7 Å². The Morgan fingerprint density at radius 3 is 2.24 bits per heavy atom. The van der Waals surface area contributed by atoms with Gasteiger partial charge in [-0.2, -0.15) is 0 Å². The maximum absolute atomic E-state index is 11.9. The van der Waals surface area contributed by atoms with Crippen LogP contribution in [0.3, 0.4) is 0 Å². The zero-order chi connectivity index (χ0) is 15.4.